The van der Waals surface area contributed by atoms with Crippen molar-refractivity contribution in [3.05, 3.63) is 83.4 Å². The number of aliphatic hydroxyl groups is 1. The number of aliphatic hydroxyl groups excluding tert-OH is 1. The molecule has 6 nitrogen and oxygen atoms in total. The molecule has 2 N–H and O–H groups in total. The minimum absolute atomic E-state index is 0.217. The summed E-state index contributed by atoms with van der Waals surface area (Å²) in [5, 5.41) is 11.5. The molecule has 0 saturated heterocycles. The van der Waals surface area contributed by atoms with E-state index in [4.69, 9.17) is 16.3 Å². The molecule has 1 saturated carbocycles. The highest BCUT2D eigenvalue weighted by Gasteiger charge is 2.44. The van der Waals surface area contributed by atoms with Crippen LogP contribution in [0.15, 0.2) is 61.7 Å². The van der Waals surface area contributed by atoms with Gasteiger partial charge in [-0.2, -0.15) is 4.72 Å². The summed E-state index contributed by atoms with van der Waals surface area (Å²) in [7, 11) is 0. The van der Waals surface area contributed by atoms with Crippen molar-refractivity contribution in [2.75, 3.05) is 30.3 Å². The summed E-state index contributed by atoms with van der Waals surface area (Å²) in [6.07, 6.45) is 9.33. The topological polar surface area (TPSA) is 84.9 Å². The number of benzene rings is 2. The maximum Gasteiger partial charge on any atom is 0.292 e. The Labute approximate surface area is 245 Å². The minimum Gasteiger partial charge on any atom is -0.593 e. The van der Waals surface area contributed by atoms with Crippen LogP contribution in [0.2, 0.25) is 5.02 Å². The highest BCUT2D eigenvalue weighted by Crippen LogP contribution is 2.46. The Morgan fingerprint density at radius 3 is 2.88 bits per heavy atom. The average Bonchev–Trinajstić information content (AvgIpc) is 3.07. The number of fused-ring (bicyclic) bond motifs is 3. The van der Waals surface area contributed by atoms with Crippen molar-refractivity contribution in [1.82, 2.24) is 4.72 Å². The third-order valence-corrected chi connectivity index (χ3v) is 10.1. The molecule has 2 aromatic rings. The van der Waals surface area contributed by atoms with E-state index in [1.807, 2.05) is 18.2 Å². The molecule has 3 aliphatic rings. The van der Waals surface area contributed by atoms with Crippen LogP contribution in [0.5, 0.6) is 5.75 Å². The average molecular weight is 583 g/mol. The predicted molar refractivity (Wildman–Crippen MR) is 163 cm³/mol. The van der Waals surface area contributed by atoms with Gasteiger partial charge in [0, 0.05) is 35.5 Å². The number of aryl methyl sites for hydroxylation is 1. The molecular formula is C32H39ClN2O4S. The van der Waals surface area contributed by atoms with Gasteiger partial charge in [0.2, 0.25) is 0 Å². The highest BCUT2D eigenvalue weighted by molar-refractivity contribution is 7.90. The first-order valence-electron chi connectivity index (χ1n) is 14.2. The molecule has 1 aliphatic heterocycles. The van der Waals surface area contributed by atoms with Crippen molar-refractivity contribution in [2.45, 2.75) is 56.5 Å². The summed E-state index contributed by atoms with van der Waals surface area (Å²) < 4.78 is 21.5. The van der Waals surface area contributed by atoms with Gasteiger partial charge in [-0.3, -0.25) is 4.79 Å². The van der Waals surface area contributed by atoms with E-state index < -0.39 is 17.5 Å². The lowest BCUT2D eigenvalue weighted by Gasteiger charge is -2.45. The van der Waals surface area contributed by atoms with E-state index in [0.29, 0.717) is 36.7 Å². The number of nitrogens with one attached hydrogen (secondary N) is 1. The number of halogens is 1. The molecule has 40 heavy (non-hydrogen) atoms. The zero-order chi connectivity index (χ0) is 28.3. The van der Waals surface area contributed by atoms with Gasteiger partial charge >= 0.3 is 0 Å². The molecule has 5 rings (SSSR count). The molecule has 0 radical (unpaired) electrons. The van der Waals surface area contributed by atoms with Crippen LogP contribution < -0.4 is 14.4 Å². The molecule has 2 aliphatic carbocycles. The maximum absolute atomic E-state index is 13.0. The Kier molecular flexibility index (Phi) is 9.15. The second-order valence-corrected chi connectivity index (χ2v) is 13.2. The van der Waals surface area contributed by atoms with Crippen molar-refractivity contribution >= 4 is 34.6 Å². The Balaban J connectivity index is 1.47. The highest BCUT2D eigenvalue weighted by atomic mass is 35.5. The van der Waals surface area contributed by atoms with Gasteiger partial charge in [0.05, 0.1) is 29.8 Å². The number of anilines is 1. The van der Waals surface area contributed by atoms with Gasteiger partial charge in [-0.15, -0.1) is 13.2 Å². The number of hydrogen-bond acceptors (Lipinski definition) is 5. The SMILES string of the molecule is C=CCC[S+]([O-])NC(=O)c1ccc2c(c1)N(CC1CCC1C(O)CC=C)CC1(CCCc3cc(Cl)ccc31)CO2. The van der Waals surface area contributed by atoms with Crippen LogP contribution in [0.4, 0.5) is 5.69 Å². The lowest BCUT2D eigenvalue weighted by atomic mass is 9.68. The largest absolute Gasteiger partial charge is 0.593 e. The van der Waals surface area contributed by atoms with E-state index >= 15 is 0 Å². The lowest BCUT2D eigenvalue weighted by Crippen LogP contribution is -2.49. The molecule has 2 aromatic carbocycles. The van der Waals surface area contributed by atoms with E-state index in [0.717, 1.165) is 61.7 Å². The smallest absolute Gasteiger partial charge is 0.292 e. The minimum atomic E-state index is -1.48. The van der Waals surface area contributed by atoms with Crippen LogP contribution in [0.1, 0.15) is 60.0 Å². The molecule has 1 spiro atoms. The monoisotopic (exact) mass is 582 g/mol. The summed E-state index contributed by atoms with van der Waals surface area (Å²) in [6.45, 7) is 9.51. The number of carbonyl (C=O) groups excluding carboxylic acids is 1. The zero-order valence-electron chi connectivity index (χ0n) is 22.9. The van der Waals surface area contributed by atoms with Crippen LogP contribution in [-0.2, 0) is 23.2 Å². The number of hydrogen-bond donors (Lipinski definition) is 2. The van der Waals surface area contributed by atoms with Crippen LogP contribution in [-0.4, -0.2) is 47.1 Å². The van der Waals surface area contributed by atoms with E-state index in [9.17, 15) is 14.5 Å². The van der Waals surface area contributed by atoms with Crippen molar-refractivity contribution in [3.8, 4) is 5.75 Å². The van der Waals surface area contributed by atoms with Gasteiger partial charge in [0.15, 0.2) is 0 Å². The molecular weight excluding hydrogens is 544 g/mol. The van der Waals surface area contributed by atoms with E-state index in [1.165, 1.54) is 11.1 Å². The molecule has 1 amide bonds. The quantitative estimate of drug-likeness (QED) is 0.275. The van der Waals surface area contributed by atoms with Gasteiger partial charge in [-0.05, 0) is 91.8 Å². The molecule has 0 bridgehead atoms. The van der Waals surface area contributed by atoms with Gasteiger partial charge in [-0.1, -0.05) is 29.8 Å². The standard InChI is InChI=1S/C32H39ClN2O4S/c1-3-5-16-40(38)34-31(37)23-10-14-30-28(18-23)35(19-24-9-12-26(24)29(36)7-4-2)20-32(21-39-30)15-6-8-22-17-25(33)11-13-27(22)32/h3-4,10-11,13-14,17-18,24,26,29,36H,1-2,5-9,12,15-16,19-21H2,(H,34,37). The van der Waals surface area contributed by atoms with Crippen LogP contribution >= 0.6 is 11.6 Å². The number of amides is 1. The number of ether oxygens (including phenoxy) is 1. The first kappa shape index (κ1) is 29.1. The third-order valence-electron chi connectivity index (χ3n) is 8.85. The van der Waals surface area contributed by atoms with E-state index in [-0.39, 0.29) is 17.2 Å². The molecule has 5 unspecified atom stereocenters. The summed E-state index contributed by atoms with van der Waals surface area (Å²) >= 11 is 4.90. The van der Waals surface area contributed by atoms with Gasteiger partial charge in [0.25, 0.3) is 5.91 Å². The van der Waals surface area contributed by atoms with Crippen molar-refractivity contribution in [3.63, 3.8) is 0 Å². The van der Waals surface area contributed by atoms with Crippen molar-refractivity contribution < 1.29 is 19.2 Å². The number of allylic oxidation sites excluding steroid dienone is 1. The van der Waals surface area contributed by atoms with Gasteiger partial charge in [-0.25, -0.2) is 0 Å². The second kappa shape index (κ2) is 12.6. The molecule has 5 atom stereocenters. The fraction of sp³-hybridized carbons (Fsp3) is 0.469. The maximum atomic E-state index is 13.0. The Hall–Kier alpha value is -2.45. The molecule has 1 heterocycles. The van der Waals surface area contributed by atoms with Gasteiger partial charge < -0.3 is 19.3 Å². The molecule has 8 heteroatoms. The molecule has 1 fully saturated rings. The second-order valence-electron chi connectivity index (χ2n) is 11.4. The Bertz CT molecular complexity index is 1260. The van der Waals surface area contributed by atoms with Crippen LogP contribution in [0.3, 0.4) is 0 Å². The van der Waals surface area contributed by atoms with Gasteiger partial charge in [0.1, 0.15) is 11.5 Å². The number of carbonyl (C=O) groups is 1. The van der Waals surface area contributed by atoms with Crippen molar-refractivity contribution in [1.29, 1.82) is 0 Å². The fourth-order valence-corrected chi connectivity index (χ4v) is 7.62. The number of rotatable bonds is 10. The Morgan fingerprint density at radius 1 is 1.27 bits per heavy atom. The van der Waals surface area contributed by atoms with E-state index in [2.05, 4.69) is 34.9 Å². The van der Waals surface area contributed by atoms with Crippen molar-refractivity contribution in [2.24, 2.45) is 11.8 Å². The summed E-state index contributed by atoms with van der Waals surface area (Å²) in [6, 6.07) is 11.7. The lowest BCUT2D eigenvalue weighted by molar-refractivity contribution is 0.0178. The summed E-state index contributed by atoms with van der Waals surface area (Å²) in [5.74, 6) is 1.25. The summed E-state index contributed by atoms with van der Waals surface area (Å²) in [5.41, 5.74) is 3.66. The molecule has 214 valence electrons. The fourth-order valence-electron chi connectivity index (χ4n) is 6.62. The zero-order valence-corrected chi connectivity index (χ0v) is 24.5. The predicted octanol–water partition coefficient (Wildman–Crippen LogP) is 5.75. The van der Waals surface area contributed by atoms with E-state index in [1.54, 1.807) is 18.2 Å². The first-order valence-corrected chi connectivity index (χ1v) is 15.9. The normalized spacial score (nSPS) is 24.9. The van der Waals surface area contributed by atoms with Crippen LogP contribution in [0.25, 0.3) is 0 Å². The summed E-state index contributed by atoms with van der Waals surface area (Å²) in [4.78, 5) is 15.4. The third kappa shape index (κ3) is 6.08. The Morgan fingerprint density at radius 2 is 2.12 bits per heavy atom. The number of nitrogens with zero attached hydrogens (tertiary/aromatic N) is 1. The first-order chi connectivity index (χ1) is 19.3. The van der Waals surface area contributed by atoms with Crippen LogP contribution in [0, 0.1) is 11.8 Å². The molecule has 0 aromatic heterocycles.